The molecule has 2 rings (SSSR count). The lowest BCUT2D eigenvalue weighted by Crippen LogP contribution is -2.16. The first kappa shape index (κ1) is 20.1. The summed E-state index contributed by atoms with van der Waals surface area (Å²) in [5.41, 5.74) is 1.25. The molecule has 0 saturated heterocycles. The molecule has 0 unspecified atom stereocenters. The summed E-state index contributed by atoms with van der Waals surface area (Å²) in [7, 11) is 0. The van der Waals surface area contributed by atoms with Gasteiger partial charge in [-0.25, -0.2) is 4.68 Å². The Morgan fingerprint density at radius 1 is 1.27 bits per heavy atom. The Labute approximate surface area is 158 Å². The summed E-state index contributed by atoms with van der Waals surface area (Å²) in [6.07, 6.45) is 1.85. The van der Waals surface area contributed by atoms with Crippen molar-refractivity contribution in [2.45, 2.75) is 51.3 Å². The molecule has 0 spiro atoms. The molecular weight excluding hydrogens is 352 g/mol. The van der Waals surface area contributed by atoms with E-state index in [1.165, 1.54) is 22.0 Å². The zero-order valence-electron chi connectivity index (χ0n) is 15.5. The Bertz CT molecular complexity index is 701. The number of unbranched alkanes of at least 4 members (excludes halogenated alkanes) is 1. The second kappa shape index (κ2) is 10.1. The highest BCUT2D eigenvalue weighted by molar-refractivity contribution is 7.99. The molecule has 0 aliphatic carbocycles. The molecule has 142 valence electrons. The number of hydrogen-bond acceptors (Lipinski definition) is 7. The molecule has 7 nitrogen and oxygen atoms in total. The van der Waals surface area contributed by atoms with E-state index in [2.05, 4.69) is 24.0 Å². The number of ether oxygens (including phenoxy) is 2. The molecule has 1 aromatic carbocycles. The lowest BCUT2D eigenvalue weighted by atomic mass is 10.0. The minimum atomic E-state index is -0.283. The number of esters is 1. The highest BCUT2D eigenvalue weighted by Gasteiger charge is 2.13. The van der Waals surface area contributed by atoms with Crippen LogP contribution in [0.3, 0.4) is 0 Å². The standard InChI is InChI=1S/C18H26N4O3S/c1-4-5-10-24-17(23)12-26-18-21-20-16(22(18)19)11-25-15-8-6-14(7-9-15)13(2)3/h6-9,13H,4-5,10-12,19H2,1-3H3. The highest BCUT2D eigenvalue weighted by Crippen LogP contribution is 2.20. The molecule has 0 aliphatic rings. The molecule has 1 heterocycles. The maximum absolute atomic E-state index is 11.6. The van der Waals surface area contributed by atoms with Gasteiger partial charge in [0.1, 0.15) is 12.4 Å². The molecular formula is C18H26N4O3S. The Morgan fingerprint density at radius 3 is 2.65 bits per heavy atom. The average Bonchev–Trinajstić information content (AvgIpc) is 2.98. The molecule has 1 aromatic heterocycles. The van der Waals surface area contributed by atoms with Gasteiger partial charge < -0.3 is 15.3 Å². The molecule has 0 radical (unpaired) electrons. The summed E-state index contributed by atoms with van der Waals surface area (Å²) >= 11 is 1.20. The Kier molecular flexibility index (Phi) is 7.77. The quantitative estimate of drug-likeness (QED) is 0.294. The van der Waals surface area contributed by atoms with Gasteiger partial charge in [-0.1, -0.05) is 51.1 Å². The third-order valence-electron chi connectivity index (χ3n) is 3.73. The fourth-order valence-electron chi connectivity index (χ4n) is 2.10. The van der Waals surface area contributed by atoms with Gasteiger partial charge in [0, 0.05) is 0 Å². The molecule has 0 fully saturated rings. The fourth-order valence-corrected chi connectivity index (χ4v) is 2.77. The topological polar surface area (TPSA) is 92.3 Å². The van der Waals surface area contributed by atoms with Crippen molar-refractivity contribution >= 4 is 17.7 Å². The fraction of sp³-hybridized carbons (Fsp3) is 0.500. The van der Waals surface area contributed by atoms with E-state index >= 15 is 0 Å². The first-order chi connectivity index (χ1) is 12.5. The first-order valence-electron chi connectivity index (χ1n) is 8.71. The van der Waals surface area contributed by atoms with E-state index in [0.29, 0.717) is 23.5 Å². The van der Waals surface area contributed by atoms with Crippen LogP contribution >= 0.6 is 11.8 Å². The SMILES string of the molecule is CCCCOC(=O)CSc1nnc(COc2ccc(C(C)C)cc2)n1N. The van der Waals surface area contributed by atoms with Crippen LogP contribution in [0.5, 0.6) is 5.75 Å². The molecule has 0 amide bonds. The molecule has 8 heteroatoms. The Balaban J connectivity index is 1.83. The van der Waals surface area contributed by atoms with Gasteiger partial charge in [0.15, 0.2) is 5.82 Å². The molecule has 0 bridgehead atoms. The van der Waals surface area contributed by atoms with E-state index in [1.54, 1.807) is 0 Å². The van der Waals surface area contributed by atoms with Gasteiger partial charge in [0.05, 0.1) is 12.4 Å². The van der Waals surface area contributed by atoms with E-state index in [-0.39, 0.29) is 18.3 Å². The Morgan fingerprint density at radius 2 is 2.00 bits per heavy atom. The van der Waals surface area contributed by atoms with Crippen molar-refractivity contribution < 1.29 is 14.3 Å². The zero-order valence-corrected chi connectivity index (χ0v) is 16.3. The highest BCUT2D eigenvalue weighted by atomic mass is 32.2. The summed E-state index contributed by atoms with van der Waals surface area (Å²) in [6.45, 7) is 6.98. The van der Waals surface area contributed by atoms with Crippen LogP contribution in [0.2, 0.25) is 0 Å². The van der Waals surface area contributed by atoms with Crippen molar-refractivity contribution in [1.29, 1.82) is 0 Å². The summed E-state index contributed by atoms with van der Waals surface area (Å²) in [6, 6.07) is 7.93. The monoisotopic (exact) mass is 378 g/mol. The number of nitrogens with zero attached hydrogens (tertiary/aromatic N) is 3. The molecule has 2 N–H and O–H groups in total. The smallest absolute Gasteiger partial charge is 0.316 e. The van der Waals surface area contributed by atoms with E-state index in [4.69, 9.17) is 15.3 Å². The van der Waals surface area contributed by atoms with E-state index in [9.17, 15) is 4.79 Å². The second-order valence-electron chi connectivity index (χ2n) is 6.14. The van der Waals surface area contributed by atoms with E-state index in [1.807, 2.05) is 31.2 Å². The molecule has 0 saturated carbocycles. The van der Waals surface area contributed by atoms with Crippen LogP contribution in [-0.4, -0.2) is 33.2 Å². The lowest BCUT2D eigenvalue weighted by Gasteiger charge is -2.09. The van der Waals surface area contributed by atoms with Gasteiger partial charge in [-0.2, -0.15) is 0 Å². The predicted octanol–water partition coefficient (Wildman–Crippen LogP) is 3.13. The van der Waals surface area contributed by atoms with Crippen molar-refractivity contribution in [3.05, 3.63) is 35.7 Å². The largest absolute Gasteiger partial charge is 0.486 e. The number of benzene rings is 1. The Hall–Kier alpha value is -2.22. The van der Waals surface area contributed by atoms with E-state index in [0.717, 1.165) is 18.6 Å². The molecule has 2 aromatic rings. The summed E-state index contributed by atoms with van der Waals surface area (Å²) in [4.78, 5) is 11.6. The van der Waals surface area contributed by atoms with Gasteiger partial charge in [-0.3, -0.25) is 4.79 Å². The van der Waals surface area contributed by atoms with Crippen LogP contribution < -0.4 is 10.6 Å². The second-order valence-corrected chi connectivity index (χ2v) is 7.09. The maximum atomic E-state index is 11.6. The van der Waals surface area contributed by atoms with Crippen LogP contribution in [-0.2, 0) is 16.1 Å². The van der Waals surface area contributed by atoms with E-state index < -0.39 is 0 Å². The minimum absolute atomic E-state index is 0.149. The van der Waals surface area contributed by atoms with Crippen LogP contribution in [0, 0.1) is 0 Å². The van der Waals surface area contributed by atoms with Gasteiger partial charge in [0.25, 0.3) is 0 Å². The summed E-state index contributed by atoms with van der Waals surface area (Å²) < 4.78 is 12.1. The third-order valence-corrected chi connectivity index (χ3v) is 4.65. The van der Waals surface area contributed by atoms with Crippen LogP contribution in [0.15, 0.2) is 29.4 Å². The maximum Gasteiger partial charge on any atom is 0.316 e. The number of aromatic nitrogens is 3. The number of carbonyl (C=O) groups excluding carboxylic acids is 1. The predicted molar refractivity (Wildman–Crippen MR) is 102 cm³/mol. The van der Waals surface area contributed by atoms with Gasteiger partial charge >= 0.3 is 5.97 Å². The van der Waals surface area contributed by atoms with Gasteiger partial charge in [-0.05, 0) is 30.0 Å². The lowest BCUT2D eigenvalue weighted by molar-refractivity contribution is -0.140. The van der Waals surface area contributed by atoms with Crippen LogP contribution in [0.4, 0.5) is 0 Å². The minimum Gasteiger partial charge on any atom is -0.486 e. The normalized spacial score (nSPS) is 10.9. The number of nitrogens with two attached hydrogens (primary N) is 1. The zero-order chi connectivity index (χ0) is 18.9. The van der Waals surface area contributed by atoms with Crippen molar-refractivity contribution in [3.8, 4) is 5.75 Å². The van der Waals surface area contributed by atoms with Crippen LogP contribution in [0.25, 0.3) is 0 Å². The molecule has 0 aliphatic heterocycles. The van der Waals surface area contributed by atoms with Crippen molar-refractivity contribution in [1.82, 2.24) is 14.9 Å². The number of nitrogen functional groups attached to an aromatic ring is 1. The molecule has 0 atom stereocenters. The van der Waals surface area contributed by atoms with Crippen LogP contribution in [0.1, 0.15) is 50.9 Å². The third kappa shape index (κ3) is 5.94. The first-order valence-corrected chi connectivity index (χ1v) is 9.70. The van der Waals surface area contributed by atoms with Gasteiger partial charge in [0.2, 0.25) is 5.16 Å². The number of rotatable bonds is 10. The summed E-state index contributed by atoms with van der Waals surface area (Å²) in [5, 5.41) is 8.47. The molecule has 26 heavy (non-hydrogen) atoms. The van der Waals surface area contributed by atoms with Crippen molar-refractivity contribution in [2.24, 2.45) is 0 Å². The van der Waals surface area contributed by atoms with Crippen molar-refractivity contribution in [2.75, 3.05) is 18.2 Å². The average molecular weight is 378 g/mol. The summed E-state index contributed by atoms with van der Waals surface area (Å²) in [5.74, 6) is 7.55. The number of hydrogen-bond donors (Lipinski definition) is 1. The number of thioether (sulfide) groups is 1. The van der Waals surface area contributed by atoms with Crippen molar-refractivity contribution in [3.63, 3.8) is 0 Å². The number of carbonyl (C=O) groups is 1. The van der Waals surface area contributed by atoms with Gasteiger partial charge in [-0.15, -0.1) is 10.2 Å².